The number of nitrogens with zero attached hydrogens (tertiary/aromatic N) is 1. The Bertz CT molecular complexity index is 694. The third-order valence-electron chi connectivity index (χ3n) is 2.78. The van der Waals surface area contributed by atoms with Gasteiger partial charge in [0, 0.05) is 0 Å². The van der Waals surface area contributed by atoms with Crippen molar-refractivity contribution in [2.75, 3.05) is 19.8 Å². The van der Waals surface area contributed by atoms with Crippen LogP contribution in [0.15, 0.2) is 48.5 Å². The molecule has 0 aliphatic carbocycles. The Morgan fingerprint density at radius 2 is 1.78 bits per heavy atom. The first-order chi connectivity index (χ1) is 11.2. The van der Waals surface area contributed by atoms with Crippen LogP contribution in [0.5, 0.6) is 11.5 Å². The summed E-state index contributed by atoms with van der Waals surface area (Å²) in [5.41, 5.74) is 0.556. The lowest BCUT2D eigenvalue weighted by Crippen LogP contribution is -2.18. The number of hydrogen-bond acceptors (Lipinski definition) is 5. The van der Waals surface area contributed by atoms with E-state index in [1.54, 1.807) is 48.5 Å². The molecule has 0 aromatic heterocycles. The summed E-state index contributed by atoms with van der Waals surface area (Å²) in [6.45, 7) is 0.0923. The largest absolute Gasteiger partial charge is 0.490 e. The van der Waals surface area contributed by atoms with E-state index < -0.39 is 5.97 Å². The SMILES string of the molecule is N#Cc1ccc(OCCOC(=O)COc2ccccc2Cl)cc1. The highest BCUT2D eigenvalue weighted by Gasteiger charge is 2.06. The van der Waals surface area contributed by atoms with Crippen LogP contribution in [0, 0.1) is 11.3 Å². The molecule has 23 heavy (non-hydrogen) atoms. The smallest absolute Gasteiger partial charge is 0.344 e. The van der Waals surface area contributed by atoms with Gasteiger partial charge < -0.3 is 14.2 Å². The quantitative estimate of drug-likeness (QED) is 0.575. The first kappa shape index (κ1) is 16.7. The summed E-state index contributed by atoms with van der Waals surface area (Å²) >= 11 is 5.91. The summed E-state index contributed by atoms with van der Waals surface area (Å²) in [6, 6.07) is 15.6. The van der Waals surface area contributed by atoms with E-state index in [-0.39, 0.29) is 19.8 Å². The van der Waals surface area contributed by atoms with Gasteiger partial charge in [0.15, 0.2) is 6.61 Å². The number of carbonyl (C=O) groups excluding carboxylic acids is 1. The van der Waals surface area contributed by atoms with E-state index >= 15 is 0 Å². The lowest BCUT2D eigenvalue weighted by molar-refractivity contribution is -0.146. The third-order valence-corrected chi connectivity index (χ3v) is 3.09. The van der Waals surface area contributed by atoms with Gasteiger partial charge >= 0.3 is 5.97 Å². The number of benzene rings is 2. The Morgan fingerprint density at radius 1 is 1.04 bits per heavy atom. The molecule has 0 spiro atoms. The van der Waals surface area contributed by atoms with Crippen LogP contribution in [-0.4, -0.2) is 25.8 Å². The number of halogens is 1. The van der Waals surface area contributed by atoms with Gasteiger partial charge in [-0.05, 0) is 36.4 Å². The lowest BCUT2D eigenvalue weighted by atomic mass is 10.2. The van der Waals surface area contributed by atoms with Gasteiger partial charge in [-0.25, -0.2) is 4.79 Å². The second-order valence-corrected chi connectivity index (χ2v) is 4.83. The van der Waals surface area contributed by atoms with Crippen molar-refractivity contribution in [1.82, 2.24) is 0 Å². The fraction of sp³-hybridized carbons (Fsp3) is 0.176. The molecule has 5 nitrogen and oxygen atoms in total. The van der Waals surface area contributed by atoms with Crippen LogP contribution in [0.1, 0.15) is 5.56 Å². The normalized spacial score (nSPS) is 9.74. The molecule has 2 aromatic carbocycles. The fourth-order valence-corrected chi connectivity index (χ4v) is 1.87. The molecule has 2 rings (SSSR count). The van der Waals surface area contributed by atoms with E-state index in [2.05, 4.69) is 0 Å². The summed E-state index contributed by atoms with van der Waals surface area (Å²) in [5, 5.41) is 9.12. The summed E-state index contributed by atoms with van der Waals surface area (Å²) in [6.07, 6.45) is 0. The van der Waals surface area contributed by atoms with Crippen molar-refractivity contribution in [2.24, 2.45) is 0 Å². The minimum Gasteiger partial charge on any atom is -0.490 e. The third kappa shape index (κ3) is 5.53. The minimum atomic E-state index is -0.506. The molecule has 0 amide bonds. The molecule has 0 radical (unpaired) electrons. The zero-order valence-electron chi connectivity index (χ0n) is 12.2. The predicted molar refractivity (Wildman–Crippen MR) is 84.6 cm³/mol. The second-order valence-electron chi connectivity index (χ2n) is 4.42. The van der Waals surface area contributed by atoms with Gasteiger partial charge in [-0.2, -0.15) is 5.26 Å². The summed E-state index contributed by atoms with van der Waals surface area (Å²) in [5.74, 6) is 0.528. The molecule has 0 bridgehead atoms. The van der Waals surface area contributed by atoms with Gasteiger partial charge in [-0.3, -0.25) is 0 Å². The number of carbonyl (C=O) groups is 1. The van der Waals surface area contributed by atoms with Gasteiger partial charge in [0.1, 0.15) is 24.7 Å². The zero-order chi connectivity index (χ0) is 16.5. The highest BCUT2D eigenvalue weighted by molar-refractivity contribution is 6.32. The molecular weight excluding hydrogens is 318 g/mol. The van der Waals surface area contributed by atoms with Crippen molar-refractivity contribution >= 4 is 17.6 Å². The Hall–Kier alpha value is -2.71. The molecule has 0 fully saturated rings. The molecule has 0 aliphatic rings. The van der Waals surface area contributed by atoms with E-state index in [1.807, 2.05) is 6.07 Å². The number of esters is 1. The molecule has 0 heterocycles. The van der Waals surface area contributed by atoms with Gasteiger partial charge in [0.05, 0.1) is 16.7 Å². The minimum absolute atomic E-state index is 0.102. The summed E-state index contributed by atoms with van der Waals surface area (Å²) in [7, 11) is 0. The van der Waals surface area contributed by atoms with Gasteiger partial charge in [0.2, 0.25) is 0 Å². The van der Waals surface area contributed by atoms with Crippen LogP contribution >= 0.6 is 11.6 Å². The maximum atomic E-state index is 11.5. The van der Waals surface area contributed by atoms with E-state index in [4.69, 9.17) is 31.1 Å². The van der Waals surface area contributed by atoms with Crippen molar-refractivity contribution in [3.63, 3.8) is 0 Å². The van der Waals surface area contributed by atoms with Crippen molar-refractivity contribution < 1.29 is 19.0 Å². The second kappa shape index (κ2) is 8.66. The number of para-hydroxylation sites is 1. The van der Waals surface area contributed by atoms with Crippen LogP contribution in [0.3, 0.4) is 0 Å². The number of nitriles is 1. The predicted octanol–water partition coefficient (Wildman–Crippen LogP) is 3.21. The van der Waals surface area contributed by atoms with E-state index in [0.29, 0.717) is 22.1 Å². The lowest BCUT2D eigenvalue weighted by Gasteiger charge is -2.09. The Kier molecular flexibility index (Phi) is 6.28. The van der Waals surface area contributed by atoms with Crippen LogP contribution in [0.25, 0.3) is 0 Å². The first-order valence-corrected chi connectivity index (χ1v) is 7.23. The van der Waals surface area contributed by atoms with E-state index in [0.717, 1.165) is 0 Å². The molecule has 2 aromatic rings. The van der Waals surface area contributed by atoms with E-state index in [1.165, 1.54) is 0 Å². The molecular formula is C17H14ClNO4. The summed E-state index contributed by atoms with van der Waals surface area (Å²) in [4.78, 5) is 11.5. The zero-order valence-corrected chi connectivity index (χ0v) is 13.0. The van der Waals surface area contributed by atoms with Crippen LogP contribution in [0.2, 0.25) is 5.02 Å². The first-order valence-electron chi connectivity index (χ1n) is 6.85. The monoisotopic (exact) mass is 331 g/mol. The van der Waals surface area contributed by atoms with E-state index in [9.17, 15) is 4.79 Å². The number of ether oxygens (including phenoxy) is 3. The Morgan fingerprint density at radius 3 is 2.48 bits per heavy atom. The van der Waals surface area contributed by atoms with Crippen molar-refractivity contribution in [2.45, 2.75) is 0 Å². The number of rotatable bonds is 7. The molecule has 0 atom stereocenters. The Labute approximate surface area is 139 Å². The van der Waals surface area contributed by atoms with Crippen LogP contribution < -0.4 is 9.47 Å². The number of hydrogen-bond donors (Lipinski definition) is 0. The summed E-state index contributed by atoms with van der Waals surface area (Å²) < 4.78 is 15.6. The van der Waals surface area contributed by atoms with Crippen LogP contribution in [0.4, 0.5) is 0 Å². The molecule has 0 N–H and O–H groups in total. The molecule has 118 valence electrons. The topological polar surface area (TPSA) is 68.5 Å². The maximum absolute atomic E-state index is 11.5. The van der Waals surface area contributed by atoms with Gasteiger partial charge in [-0.15, -0.1) is 0 Å². The average Bonchev–Trinajstić information content (AvgIpc) is 2.58. The molecule has 6 heteroatoms. The van der Waals surface area contributed by atoms with Crippen molar-refractivity contribution in [3.8, 4) is 17.6 Å². The van der Waals surface area contributed by atoms with Crippen LogP contribution in [-0.2, 0) is 9.53 Å². The van der Waals surface area contributed by atoms with Gasteiger partial charge in [-0.1, -0.05) is 23.7 Å². The average molecular weight is 332 g/mol. The molecule has 0 saturated heterocycles. The molecule has 0 aliphatic heterocycles. The molecule has 0 unspecified atom stereocenters. The molecule has 0 saturated carbocycles. The van der Waals surface area contributed by atoms with Crippen molar-refractivity contribution in [3.05, 3.63) is 59.1 Å². The highest BCUT2D eigenvalue weighted by atomic mass is 35.5. The van der Waals surface area contributed by atoms with Crippen molar-refractivity contribution in [1.29, 1.82) is 5.26 Å². The maximum Gasteiger partial charge on any atom is 0.344 e. The highest BCUT2D eigenvalue weighted by Crippen LogP contribution is 2.22. The standard InChI is InChI=1S/C17H14ClNO4/c18-15-3-1-2-4-16(15)23-12-17(20)22-10-9-21-14-7-5-13(11-19)6-8-14/h1-8H,9-10,12H2. The van der Waals surface area contributed by atoms with Gasteiger partial charge in [0.25, 0.3) is 0 Å². The fourth-order valence-electron chi connectivity index (χ4n) is 1.68. The Balaban J connectivity index is 1.65.